The predicted molar refractivity (Wildman–Crippen MR) is 82.5 cm³/mol. The summed E-state index contributed by atoms with van der Waals surface area (Å²) in [5.74, 6) is -0.226. The standard InChI is InChI=1S/C15H16BrF3N2O/c1-9(22)13-10(16)5-4-6-11(13)21-7-12(15(17,18)19)14(2,3)8-20-21/h4-7,20H,8H2,1-3H3. The minimum atomic E-state index is -4.42. The number of carbonyl (C=O) groups excluding carboxylic acids is 1. The average molecular weight is 377 g/mol. The summed E-state index contributed by atoms with van der Waals surface area (Å²) in [4.78, 5) is 11.8. The monoisotopic (exact) mass is 376 g/mol. The lowest BCUT2D eigenvalue weighted by atomic mass is 9.83. The maximum Gasteiger partial charge on any atom is 0.414 e. The van der Waals surface area contributed by atoms with Gasteiger partial charge in [-0.3, -0.25) is 9.80 Å². The van der Waals surface area contributed by atoms with Crippen molar-refractivity contribution >= 4 is 27.4 Å². The topological polar surface area (TPSA) is 32.3 Å². The van der Waals surface area contributed by atoms with E-state index in [1.54, 1.807) is 18.2 Å². The zero-order valence-electron chi connectivity index (χ0n) is 12.4. The third-order valence-electron chi connectivity index (χ3n) is 3.59. The second-order valence-electron chi connectivity index (χ2n) is 5.82. The van der Waals surface area contributed by atoms with E-state index in [4.69, 9.17) is 0 Å². The van der Waals surface area contributed by atoms with E-state index in [9.17, 15) is 18.0 Å². The van der Waals surface area contributed by atoms with Gasteiger partial charge in [0.15, 0.2) is 5.78 Å². The zero-order valence-corrected chi connectivity index (χ0v) is 14.0. The lowest BCUT2D eigenvalue weighted by Crippen LogP contribution is -2.49. The van der Waals surface area contributed by atoms with Gasteiger partial charge in [0.1, 0.15) is 0 Å². The van der Waals surface area contributed by atoms with Gasteiger partial charge in [0.2, 0.25) is 0 Å². The SMILES string of the molecule is CC(=O)c1c(Br)cccc1N1C=C(C(F)(F)F)C(C)(C)CN1. The lowest BCUT2D eigenvalue weighted by Gasteiger charge is -2.39. The van der Waals surface area contributed by atoms with Gasteiger partial charge in [0.25, 0.3) is 0 Å². The first-order valence-electron chi connectivity index (χ1n) is 6.66. The Morgan fingerprint density at radius 1 is 1.36 bits per heavy atom. The number of nitrogens with zero attached hydrogens (tertiary/aromatic N) is 1. The van der Waals surface area contributed by atoms with Crippen molar-refractivity contribution in [3.05, 3.63) is 40.0 Å². The fraction of sp³-hybridized carbons (Fsp3) is 0.400. The zero-order chi connectivity index (χ0) is 16.7. The van der Waals surface area contributed by atoms with Crippen molar-refractivity contribution in [1.29, 1.82) is 0 Å². The van der Waals surface area contributed by atoms with E-state index in [2.05, 4.69) is 21.4 Å². The Morgan fingerprint density at radius 2 is 2.00 bits per heavy atom. The molecule has 0 unspecified atom stereocenters. The molecule has 0 radical (unpaired) electrons. The molecule has 0 spiro atoms. The summed E-state index contributed by atoms with van der Waals surface area (Å²) in [6, 6.07) is 4.97. The van der Waals surface area contributed by atoms with Crippen LogP contribution in [0.1, 0.15) is 31.1 Å². The Labute approximate surface area is 135 Å². The molecular formula is C15H16BrF3N2O. The van der Waals surface area contributed by atoms with E-state index in [1.165, 1.54) is 25.8 Å². The molecule has 22 heavy (non-hydrogen) atoms. The number of alkyl halides is 3. The maximum atomic E-state index is 13.3. The molecule has 3 nitrogen and oxygen atoms in total. The number of hydrogen-bond donors (Lipinski definition) is 1. The first kappa shape index (κ1) is 17.0. The number of ketones is 1. The molecule has 7 heteroatoms. The van der Waals surface area contributed by atoms with Crippen LogP contribution in [0.2, 0.25) is 0 Å². The first-order valence-corrected chi connectivity index (χ1v) is 7.45. The number of hydrogen-bond acceptors (Lipinski definition) is 3. The molecule has 0 bridgehead atoms. The van der Waals surface area contributed by atoms with Crippen LogP contribution in [0, 0.1) is 5.41 Å². The first-order chi connectivity index (χ1) is 10.0. The summed E-state index contributed by atoms with van der Waals surface area (Å²) >= 11 is 3.27. The van der Waals surface area contributed by atoms with Crippen molar-refractivity contribution in [2.24, 2.45) is 5.41 Å². The van der Waals surface area contributed by atoms with Crippen molar-refractivity contribution in [2.75, 3.05) is 11.6 Å². The highest BCUT2D eigenvalue weighted by atomic mass is 79.9. The van der Waals surface area contributed by atoms with E-state index in [0.29, 0.717) is 15.7 Å². The fourth-order valence-corrected chi connectivity index (χ4v) is 3.04. The molecule has 1 aliphatic rings. The molecule has 1 N–H and O–H groups in total. The fourth-order valence-electron chi connectivity index (χ4n) is 2.40. The molecule has 0 amide bonds. The van der Waals surface area contributed by atoms with Crippen LogP contribution in [0.15, 0.2) is 34.4 Å². The third-order valence-corrected chi connectivity index (χ3v) is 4.25. The molecule has 0 aromatic heterocycles. The van der Waals surface area contributed by atoms with Gasteiger partial charge in [0, 0.05) is 22.6 Å². The lowest BCUT2D eigenvalue weighted by molar-refractivity contribution is -0.106. The average Bonchev–Trinajstić information content (AvgIpc) is 2.36. The summed E-state index contributed by atoms with van der Waals surface area (Å²) in [5.41, 5.74) is 1.99. The maximum absolute atomic E-state index is 13.3. The Morgan fingerprint density at radius 3 is 2.55 bits per heavy atom. The number of rotatable bonds is 2. The Hall–Kier alpha value is -1.34. The smallest absolute Gasteiger partial charge is 0.294 e. The van der Waals surface area contributed by atoms with Crippen molar-refractivity contribution in [2.45, 2.75) is 26.9 Å². The minimum Gasteiger partial charge on any atom is -0.294 e. The van der Waals surface area contributed by atoms with Gasteiger partial charge < -0.3 is 0 Å². The van der Waals surface area contributed by atoms with Gasteiger partial charge in [-0.05, 0) is 35.0 Å². The highest BCUT2D eigenvalue weighted by Crippen LogP contribution is 2.42. The molecule has 1 heterocycles. The number of nitrogens with one attached hydrogen (secondary N) is 1. The normalized spacial score (nSPS) is 18.1. The highest BCUT2D eigenvalue weighted by molar-refractivity contribution is 9.10. The van der Waals surface area contributed by atoms with Gasteiger partial charge in [-0.15, -0.1) is 0 Å². The van der Waals surface area contributed by atoms with E-state index in [1.807, 2.05) is 0 Å². The van der Waals surface area contributed by atoms with Crippen LogP contribution in [-0.4, -0.2) is 18.5 Å². The molecule has 0 fully saturated rings. The summed E-state index contributed by atoms with van der Waals surface area (Å²) in [5, 5.41) is 1.27. The largest absolute Gasteiger partial charge is 0.414 e. The van der Waals surface area contributed by atoms with Crippen LogP contribution in [0.4, 0.5) is 18.9 Å². The van der Waals surface area contributed by atoms with E-state index in [0.717, 1.165) is 6.20 Å². The van der Waals surface area contributed by atoms with Crippen LogP contribution in [0.25, 0.3) is 0 Å². The van der Waals surface area contributed by atoms with Crippen molar-refractivity contribution in [3.8, 4) is 0 Å². The quantitative estimate of drug-likeness (QED) is 0.773. The molecule has 1 aromatic carbocycles. The number of carbonyl (C=O) groups is 1. The highest BCUT2D eigenvalue weighted by Gasteiger charge is 2.45. The van der Waals surface area contributed by atoms with Gasteiger partial charge in [-0.25, -0.2) is 5.43 Å². The number of benzene rings is 1. The molecule has 1 aliphatic heterocycles. The molecule has 0 saturated carbocycles. The second kappa shape index (κ2) is 5.70. The van der Waals surface area contributed by atoms with Crippen molar-refractivity contribution in [1.82, 2.24) is 5.43 Å². The molecular weight excluding hydrogens is 361 g/mol. The Bertz CT molecular complexity index is 638. The van der Waals surface area contributed by atoms with Crippen molar-refractivity contribution < 1.29 is 18.0 Å². The molecule has 120 valence electrons. The summed E-state index contributed by atoms with van der Waals surface area (Å²) in [6.45, 7) is 4.56. The second-order valence-corrected chi connectivity index (χ2v) is 6.67. The predicted octanol–water partition coefficient (Wildman–Crippen LogP) is 4.45. The van der Waals surface area contributed by atoms with Crippen LogP contribution in [-0.2, 0) is 0 Å². The number of anilines is 1. The van der Waals surface area contributed by atoms with Crippen LogP contribution in [0.3, 0.4) is 0 Å². The number of hydrazine groups is 1. The van der Waals surface area contributed by atoms with E-state index < -0.39 is 17.2 Å². The third kappa shape index (κ3) is 3.20. The van der Waals surface area contributed by atoms with E-state index in [-0.39, 0.29) is 12.3 Å². The van der Waals surface area contributed by atoms with Gasteiger partial charge in [-0.2, -0.15) is 13.2 Å². The van der Waals surface area contributed by atoms with E-state index >= 15 is 0 Å². The van der Waals surface area contributed by atoms with Gasteiger partial charge in [-0.1, -0.05) is 19.9 Å². The Balaban J connectivity index is 2.56. The molecule has 0 saturated heterocycles. The van der Waals surface area contributed by atoms with Gasteiger partial charge in [0.05, 0.1) is 16.8 Å². The summed E-state index contributed by atoms with van der Waals surface area (Å²) in [7, 11) is 0. The van der Waals surface area contributed by atoms with Crippen molar-refractivity contribution in [3.63, 3.8) is 0 Å². The van der Waals surface area contributed by atoms with Crippen LogP contribution >= 0.6 is 15.9 Å². The van der Waals surface area contributed by atoms with Crippen LogP contribution < -0.4 is 10.4 Å². The summed E-state index contributed by atoms with van der Waals surface area (Å²) < 4.78 is 40.3. The molecule has 2 rings (SSSR count). The number of halogens is 4. The molecule has 0 aliphatic carbocycles. The molecule has 1 aromatic rings. The Kier molecular flexibility index (Phi) is 4.41. The number of Topliss-reactive ketones (excluding diaryl/α,β-unsaturated/α-hetero) is 1. The summed E-state index contributed by atoms with van der Waals surface area (Å²) in [6.07, 6.45) is -3.40. The molecule has 0 atom stereocenters. The minimum absolute atomic E-state index is 0.113. The van der Waals surface area contributed by atoms with Gasteiger partial charge >= 0.3 is 6.18 Å². The van der Waals surface area contributed by atoms with Crippen LogP contribution in [0.5, 0.6) is 0 Å².